The highest BCUT2D eigenvalue weighted by molar-refractivity contribution is 5.66. The van der Waals surface area contributed by atoms with Crippen molar-refractivity contribution in [2.75, 3.05) is 26.2 Å². The molecule has 4 nitrogen and oxygen atoms in total. The quantitative estimate of drug-likeness (QED) is 0.726. The number of unbranched alkanes of at least 4 members (excludes halogenated alkanes) is 1. The van der Waals surface area contributed by atoms with Gasteiger partial charge in [-0.3, -0.25) is 9.69 Å². The van der Waals surface area contributed by atoms with Crippen molar-refractivity contribution in [2.45, 2.75) is 38.7 Å². The zero-order valence-electron chi connectivity index (χ0n) is 9.45. The van der Waals surface area contributed by atoms with E-state index >= 15 is 0 Å². The largest absolute Gasteiger partial charge is 0.481 e. The third-order valence-electron chi connectivity index (χ3n) is 2.73. The number of carboxylic acids is 1. The van der Waals surface area contributed by atoms with Gasteiger partial charge >= 0.3 is 5.97 Å². The first-order chi connectivity index (χ1) is 7.22. The molecular weight excluding hydrogens is 194 g/mol. The fourth-order valence-corrected chi connectivity index (χ4v) is 1.82. The molecule has 0 spiro atoms. The average molecular weight is 215 g/mol. The van der Waals surface area contributed by atoms with Crippen molar-refractivity contribution >= 4 is 5.97 Å². The molecular formula is C11H21NO3. The van der Waals surface area contributed by atoms with E-state index in [1.807, 2.05) is 0 Å². The van der Waals surface area contributed by atoms with Crippen molar-refractivity contribution in [3.8, 4) is 0 Å². The lowest BCUT2D eigenvalue weighted by atomic mass is 10.1. The van der Waals surface area contributed by atoms with Crippen molar-refractivity contribution in [1.82, 2.24) is 4.90 Å². The number of carboxylic acid groups (broad SMARTS) is 1. The van der Waals surface area contributed by atoms with Gasteiger partial charge < -0.3 is 9.84 Å². The second-order valence-corrected chi connectivity index (χ2v) is 4.08. The van der Waals surface area contributed by atoms with E-state index < -0.39 is 5.97 Å². The molecule has 0 aromatic carbocycles. The highest BCUT2D eigenvalue weighted by Crippen LogP contribution is 2.11. The molecule has 1 aliphatic rings. The van der Waals surface area contributed by atoms with Gasteiger partial charge in [0.25, 0.3) is 0 Å². The Morgan fingerprint density at radius 1 is 1.60 bits per heavy atom. The van der Waals surface area contributed by atoms with Gasteiger partial charge in [0.05, 0.1) is 12.7 Å². The van der Waals surface area contributed by atoms with Crippen molar-refractivity contribution in [3.05, 3.63) is 0 Å². The van der Waals surface area contributed by atoms with Crippen molar-refractivity contribution < 1.29 is 14.6 Å². The predicted molar refractivity (Wildman–Crippen MR) is 58.0 cm³/mol. The van der Waals surface area contributed by atoms with Gasteiger partial charge in [-0.2, -0.15) is 0 Å². The summed E-state index contributed by atoms with van der Waals surface area (Å²) >= 11 is 0. The van der Waals surface area contributed by atoms with Crippen LogP contribution in [0, 0.1) is 0 Å². The summed E-state index contributed by atoms with van der Waals surface area (Å²) in [5, 5.41) is 8.58. The van der Waals surface area contributed by atoms with Gasteiger partial charge in [-0.15, -0.1) is 0 Å². The van der Waals surface area contributed by atoms with Crippen LogP contribution in [-0.4, -0.2) is 48.3 Å². The van der Waals surface area contributed by atoms with Crippen LogP contribution in [0.5, 0.6) is 0 Å². The number of rotatable bonds is 6. The number of hydrogen-bond donors (Lipinski definition) is 1. The van der Waals surface area contributed by atoms with E-state index in [0.29, 0.717) is 6.42 Å². The lowest BCUT2D eigenvalue weighted by Gasteiger charge is -2.32. The van der Waals surface area contributed by atoms with Crippen LogP contribution < -0.4 is 0 Å². The normalized spacial score (nSPS) is 22.9. The zero-order valence-corrected chi connectivity index (χ0v) is 9.45. The molecule has 1 saturated heterocycles. The van der Waals surface area contributed by atoms with Crippen LogP contribution in [0.4, 0.5) is 0 Å². The minimum atomic E-state index is -0.732. The summed E-state index contributed by atoms with van der Waals surface area (Å²) in [4.78, 5) is 12.8. The molecule has 1 unspecified atom stereocenters. The van der Waals surface area contributed by atoms with Crippen LogP contribution in [0.1, 0.15) is 32.6 Å². The number of aliphatic carboxylic acids is 1. The molecule has 0 saturated carbocycles. The minimum Gasteiger partial charge on any atom is -0.481 e. The minimum absolute atomic E-state index is 0.117. The molecule has 0 aromatic heterocycles. The number of hydrogen-bond acceptors (Lipinski definition) is 3. The number of nitrogens with zero attached hydrogens (tertiary/aromatic N) is 1. The van der Waals surface area contributed by atoms with E-state index in [9.17, 15) is 4.79 Å². The SMILES string of the molecule is CCCCN1CCOC(CCC(=O)O)C1. The summed E-state index contributed by atoms with van der Waals surface area (Å²) in [6.45, 7) is 5.93. The topological polar surface area (TPSA) is 49.8 Å². The number of carbonyl (C=O) groups is 1. The molecule has 0 bridgehead atoms. The zero-order chi connectivity index (χ0) is 11.1. The molecule has 0 radical (unpaired) electrons. The fourth-order valence-electron chi connectivity index (χ4n) is 1.82. The molecule has 1 fully saturated rings. The maximum absolute atomic E-state index is 10.4. The van der Waals surface area contributed by atoms with E-state index in [-0.39, 0.29) is 12.5 Å². The van der Waals surface area contributed by atoms with Crippen LogP contribution in [0.3, 0.4) is 0 Å². The first kappa shape index (κ1) is 12.5. The summed E-state index contributed by atoms with van der Waals surface area (Å²) < 4.78 is 5.53. The van der Waals surface area contributed by atoms with Gasteiger partial charge in [-0.1, -0.05) is 13.3 Å². The van der Waals surface area contributed by atoms with Gasteiger partial charge in [0, 0.05) is 19.5 Å². The molecule has 1 N–H and O–H groups in total. The molecule has 15 heavy (non-hydrogen) atoms. The molecule has 1 rings (SSSR count). The standard InChI is InChI=1S/C11H21NO3/c1-2-3-6-12-7-8-15-10(9-12)4-5-11(13)14/h10H,2-9H2,1H3,(H,13,14). The van der Waals surface area contributed by atoms with Crippen LogP contribution in [0.15, 0.2) is 0 Å². The third kappa shape index (κ3) is 5.14. The third-order valence-corrected chi connectivity index (χ3v) is 2.73. The van der Waals surface area contributed by atoms with Gasteiger partial charge in [0.15, 0.2) is 0 Å². The smallest absolute Gasteiger partial charge is 0.303 e. The summed E-state index contributed by atoms with van der Waals surface area (Å²) in [6, 6.07) is 0. The molecule has 1 atom stereocenters. The van der Waals surface area contributed by atoms with Crippen LogP contribution in [0.25, 0.3) is 0 Å². The molecule has 88 valence electrons. The van der Waals surface area contributed by atoms with E-state index in [2.05, 4.69) is 11.8 Å². The van der Waals surface area contributed by atoms with Crippen LogP contribution >= 0.6 is 0 Å². The number of ether oxygens (including phenoxy) is 1. The monoisotopic (exact) mass is 215 g/mol. The first-order valence-corrected chi connectivity index (χ1v) is 5.78. The Bertz CT molecular complexity index is 196. The molecule has 0 aromatic rings. The summed E-state index contributed by atoms with van der Waals surface area (Å²) in [5.41, 5.74) is 0. The lowest BCUT2D eigenvalue weighted by molar-refractivity contribution is -0.138. The maximum atomic E-state index is 10.4. The Labute approximate surface area is 91.2 Å². The molecule has 0 aliphatic carbocycles. The Balaban J connectivity index is 2.19. The highest BCUT2D eigenvalue weighted by atomic mass is 16.5. The number of morpholine rings is 1. The molecule has 1 aliphatic heterocycles. The second kappa shape index (κ2) is 6.80. The van der Waals surface area contributed by atoms with Crippen molar-refractivity contribution in [1.29, 1.82) is 0 Å². The maximum Gasteiger partial charge on any atom is 0.303 e. The Kier molecular flexibility index (Phi) is 5.65. The van der Waals surface area contributed by atoms with Gasteiger partial charge in [0.1, 0.15) is 0 Å². The van der Waals surface area contributed by atoms with Crippen molar-refractivity contribution in [2.24, 2.45) is 0 Å². The second-order valence-electron chi connectivity index (χ2n) is 4.08. The summed E-state index contributed by atoms with van der Waals surface area (Å²) in [7, 11) is 0. The van der Waals surface area contributed by atoms with Gasteiger partial charge in [-0.05, 0) is 19.4 Å². The van der Waals surface area contributed by atoms with Gasteiger partial charge in [0.2, 0.25) is 0 Å². The highest BCUT2D eigenvalue weighted by Gasteiger charge is 2.20. The molecule has 4 heteroatoms. The fraction of sp³-hybridized carbons (Fsp3) is 0.909. The van der Waals surface area contributed by atoms with Crippen molar-refractivity contribution in [3.63, 3.8) is 0 Å². The van der Waals surface area contributed by atoms with Crippen LogP contribution in [0.2, 0.25) is 0 Å². The first-order valence-electron chi connectivity index (χ1n) is 5.78. The van der Waals surface area contributed by atoms with Crippen LogP contribution in [-0.2, 0) is 9.53 Å². The summed E-state index contributed by atoms with van der Waals surface area (Å²) in [6.07, 6.45) is 3.39. The van der Waals surface area contributed by atoms with E-state index in [1.165, 1.54) is 12.8 Å². The van der Waals surface area contributed by atoms with E-state index in [1.54, 1.807) is 0 Å². The Morgan fingerprint density at radius 2 is 2.40 bits per heavy atom. The lowest BCUT2D eigenvalue weighted by Crippen LogP contribution is -2.42. The van der Waals surface area contributed by atoms with E-state index in [0.717, 1.165) is 26.2 Å². The molecule has 0 amide bonds. The van der Waals surface area contributed by atoms with Gasteiger partial charge in [-0.25, -0.2) is 0 Å². The Hall–Kier alpha value is -0.610. The Morgan fingerprint density at radius 3 is 3.07 bits per heavy atom. The molecule has 1 heterocycles. The summed E-state index contributed by atoms with van der Waals surface area (Å²) in [5.74, 6) is -0.732. The predicted octanol–water partition coefficient (Wildman–Crippen LogP) is 1.35. The van der Waals surface area contributed by atoms with E-state index in [4.69, 9.17) is 9.84 Å². The average Bonchev–Trinajstić information content (AvgIpc) is 2.24.